The van der Waals surface area contributed by atoms with Crippen LogP contribution in [0.4, 0.5) is 0 Å². The first-order chi connectivity index (χ1) is 11.7. The van der Waals surface area contributed by atoms with Crippen molar-refractivity contribution in [3.05, 3.63) is 30.0 Å². The lowest BCUT2D eigenvalue weighted by Gasteiger charge is -2.31. The van der Waals surface area contributed by atoms with Gasteiger partial charge >= 0.3 is 0 Å². The molecule has 0 aliphatic carbocycles. The third kappa shape index (κ3) is 2.48. The molecular formula is C17H19N3O3S. The van der Waals surface area contributed by atoms with Crippen LogP contribution in [0.15, 0.2) is 24.4 Å². The van der Waals surface area contributed by atoms with Crippen molar-refractivity contribution in [1.29, 1.82) is 0 Å². The van der Waals surface area contributed by atoms with Gasteiger partial charge in [-0.2, -0.15) is 11.8 Å². The fraction of sp³-hybridized carbons (Fsp3) is 0.412. The molecule has 2 atom stereocenters. The van der Waals surface area contributed by atoms with Gasteiger partial charge in [0.1, 0.15) is 23.7 Å². The van der Waals surface area contributed by atoms with Crippen molar-refractivity contribution in [1.82, 2.24) is 15.2 Å². The molecular weight excluding hydrogens is 326 g/mol. The smallest absolute Gasteiger partial charge is 0.239 e. The second kappa shape index (κ2) is 6.14. The van der Waals surface area contributed by atoms with Gasteiger partial charge in [0, 0.05) is 47.3 Å². The van der Waals surface area contributed by atoms with E-state index >= 15 is 0 Å². The highest BCUT2D eigenvalue weighted by Gasteiger charge is 2.42. The fourth-order valence-electron chi connectivity index (χ4n) is 3.36. The number of amides is 1. The predicted molar refractivity (Wildman–Crippen MR) is 93.5 cm³/mol. The topological polar surface area (TPSA) is 63.7 Å². The molecule has 6 nitrogen and oxygen atoms in total. The summed E-state index contributed by atoms with van der Waals surface area (Å²) in [5.74, 6) is 3.43. The highest BCUT2D eigenvalue weighted by Crippen LogP contribution is 2.35. The molecule has 24 heavy (non-hydrogen) atoms. The van der Waals surface area contributed by atoms with Gasteiger partial charge in [-0.15, -0.1) is 0 Å². The Morgan fingerprint density at radius 1 is 1.29 bits per heavy atom. The van der Waals surface area contributed by atoms with Crippen molar-refractivity contribution in [2.75, 3.05) is 32.3 Å². The van der Waals surface area contributed by atoms with Gasteiger partial charge < -0.3 is 14.8 Å². The molecule has 0 bridgehead atoms. The first-order valence-electron chi connectivity index (χ1n) is 7.87. The molecule has 0 radical (unpaired) electrons. The van der Waals surface area contributed by atoms with Crippen molar-refractivity contribution in [2.24, 2.45) is 0 Å². The van der Waals surface area contributed by atoms with Gasteiger partial charge in [0.25, 0.3) is 0 Å². The summed E-state index contributed by atoms with van der Waals surface area (Å²) >= 11 is 1.83. The lowest BCUT2D eigenvalue weighted by atomic mass is 10.1. The number of carbonyl (C=O) groups is 1. The van der Waals surface area contributed by atoms with E-state index in [-0.39, 0.29) is 18.1 Å². The van der Waals surface area contributed by atoms with Gasteiger partial charge in [-0.3, -0.25) is 14.7 Å². The van der Waals surface area contributed by atoms with Gasteiger partial charge in [0.15, 0.2) is 0 Å². The van der Waals surface area contributed by atoms with Crippen LogP contribution in [0, 0.1) is 0 Å². The normalized spacial score (nSPS) is 23.8. The summed E-state index contributed by atoms with van der Waals surface area (Å²) < 4.78 is 10.8. The molecule has 1 aromatic carbocycles. The number of methoxy groups -OCH3 is 2. The molecule has 2 fully saturated rings. The average Bonchev–Trinajstić information content (AvgIpc) is 2.97. The minimum absolute atomic E-state index is 0.0396. The second-order valence-electron chi connectivity index (χ2n) is 5.90. The molecule has 0 spiro atoms. The van der Waals surface area contributed by atoms with Gasteiger partial charge in [0.05, 0.1) is 19.7 Å². The third-order valence-corrected chi connectivity index (χ3v) is 5.63. The van der Waals surface area contributed by atoms with Crippen molar-refractivity contribution < 1.29 is 14.3 Å². The maximum Gasteiger partial charge on any atom is 0.239 e. The molecule has 1 aromatic heterocycles. The molecule has 2 saturated heterocycles. The predicted octanol–water partition coefficient (Wildman–Crippen LogP) is 1.80. The van der Waals surface area contributed by atoms with Gasteiger partial charge in [0.2, 0.25) is 5.91 Å². The van der Waals surface area contributed by atoms with E-state index in [4.69, 9.17) is 9.47 Å². The minimum Gasteiger partial charge on any atom is -0.497 e. The molecule has 2 unspecified atom stereocenters. The minimum atomic E-state index is -0.118. The molecule has 2 aliphatic heterocycles. The number of benzene rings is 1. The first-order valence-corrected chi connectivity index (χ1v) is 9.02. The summed E-state index contributed by atoms with van der Waals surface area (Å²) in [6, 6.07) is 5.74. The maximum absolute atomic E-state index is 12.2. The quantitative estimate of drug-likeness (QED) is 0.915. The molecule has 2 aliphatic rings. The van der Waals surface area contributed by atoms with E-state index in [0.29, 0.717) is 11.5 Å². The zero-order valence-electron chi connectivity index (χ0n) is 13.6. The lowest BCUT2D eigenvalue weighted by molar-refractivity contribution is -0.121. The van der Waals surface area contributed by atoms with Crippen LogP contribution in [-0.2, 0) is 4.79 Å². The van der Waals surface area contributed by atoms with Crippen LogP contribution in [0.3, 0.4) is 0 Å². The molecule has 2 aromatic rings. The molecule has 3 heterocycles. The van der Waals surface area contributed by atoms with Gasteiger partial charge in [-0.1, -0.05) is 0 Å². The highest BCUT2D eigenvalue weighted by molar-refractivity contribution is 7.99. The zero-order chi connectivity index (χ0) is 16.7. The van der Waals surface area contributed by atoms with Crippen molar-refractivity contribution in [2.45, 2.75) is 12.2 Å². The number of hydrogen-bond donors (Lipinski definition) is 1. The lowest BCUT2D eigenvalue weighted by Crippen LogP contribution is -2.41. The van der Waals surface area contributed by atoms with Crippen LogP contribution in [0.2, 0.25) is 0 Å². The largest absolute Gasteiger partial charge is 0.497 e. The van der Waals surface area contributed by atoms with Crippen molar-refractivity contribution >= 4 is 28.6 Å². The standard InChI is InChI=1S/C17H19N3O3S/c1-22-11-6-13-12(15(7-11)23-2)5-10(8-18-13)16-19-17(21)14-9-24-4-3-20(14)16/h5-8,14,16H,3-4,9H2,1-2H3,(H,19,21). The summed E-state index contributed by atoms with van der Waals surface area (Å²) in [6.07, 6.45) is 1.71. The average molecular weight is 345 g/mol. The van der Waals surface area contributed by atoms with Crippen LogP contribution in [0.1, 0.15) is 11.7 Å². The molecule has 1 amide bonds. The van der Waals surface area contributed by atoms with E-state index in [9.17, 15) is 4.79 Å². The Hall–Kier alpha value is -1.99. The molecule has 0 saturated carbocycles. The van der Waals surface area contributed by atoms with Crippen molar-refractivity contribution in [3.8, 4) is 11.5 Å². The monoisotopic (exact) mass is 345 g/mol. The van der Waals surface area contributed by atoms with E-state index in [1.54, 1.807) is 14.2 Å². The highest BCUT2D eigenvalue weighted by atomic mass is 32.2. The Kier molecular flexibility index (Phi) is 3.97. The van der Waals surface area contributed by atoms with E-state index in [2.05, 4.69) is 21.3 Å². The number of aromatic nitrogens is 1. The van der Waals surface area contributed by atoms with Crippen LogP contribution in [0.5, 0.6) is 11.5 Å². The van der Waals surface area contributed by atoms with E-state index in [0.717, 1.165) is 34.5 Å². The molecule has 1 N–H and O–H groups in total. The SMILES string of the molecule is COc1cc(OC)c2cc(C3NC(=O)C4CSCCN43)cnc2c1. The Balaban J connectivity index is 1.76. The summed E-state index contributed by atoms with van der Waals surface area (Å²) in [5, 5.41) is 4.02. The number of thioether (sulfide) groups is 1. The number of fused-ring (bicyclic) bond motifs is 2. The zero-order valence-corrected chi connectivity index (χ0v) is 14.4. The van der Waals surface area contributed by atoms with Crippen LogP contribution >= 0.6 is 11.8 Å². The third-order valence-electron chi connectivity index (χ3n) is 4.61. The summed E-state index contributed by atoms with van der Waals surface area (Å²) in [5.41, 5.74) is 1.79. The number of carbonyl (C=O) groups excluding carboxylic acids is 1. The van der Waals surface area contributed by atoms with Gasteiger partial charge in [-0.05, 0) is 6.07 Å². The summed E-state index contributed by atoms with van der Waals surface area (Å²) in [7, 11) is 3.26. The van der Waals surface area contributed by atoms with Crippen molar-refractivity contribution in [3.63, 3.8) is 0 Å². The van der Waals surface area contributed by atoms with E-state index in [1.165, 1.54) is 0 Å². The second-order valence-corrected chi connectivity index (χ2v) is 7.05. The molecule has 4 rings (SSSR count). The fourth-order valence-corrected chi connectivity index (χ4v) is 4.44. The number of nitrogens with one attached hydrogen (secondary N) is 1. The number of hydrogen-bond acceptors (Lipinski definition) is 6. The Morgan fingerprint density at radius 2 is 2.17 bits per heavy atom. The van der Waals surface area contributed by atoms with Crippen LogP contribution in [-0.4, -0.2) is 54.1 Å². The number of pyridine rings is 1. The Bertz CT molecular complexity index is 798. The van der Waals surface area contributed by atoms with Gasteiger partial charge in [-0.25, -0.2) is 0 Å². The number of rotatable bonds is 3. The summed E-state index contributed by atoms with van der Waals surface area (Å²) in [6.45, 7) is 0.899. The van der Waals surface area contributed by atoms with Crippen LogP contribution in [0.25, 0.3) is 10.9 Å². The van der Waals surface area contributed by atoms with E-state index in [1.807, 2.05) is 30.1 Å². The molecule has 7 heteroatoms. The van der Waals surface area contributed by atoms with Crippen LogP contribution < -0.4 is 14.8 Å². The van der Waals surface area contributed by atoms with E-state index < -0.39 is 0 Å². The number of nitrogens with zero attached hydrogens (tertiary/aromatic N) is 2. The summed E-state index contributed by atoms with van der Waals surface area (Å²) in [4.78, 5) is 19.0. The Labute approximate surface area is 144 Å². The maximum atomic E-state index is 12.2. The Morgan fingerprint density at radius 3 is 2.96 bits per heavy atom. The molecule has 126 valence electrons. The number of ether oxygens (including phenoxy) is 2. The first kappa shape index (κ1) is 15.5.